The number of aromatic nitrogens is 1. The Bertz CT molecular complexity index is 511. The first-order chi connectivity index (χ1) is 7.25. The lowest BCUT2D eigenvalue weighted by Crippen LogP contribution is -2.21. The van der Waals surface area contributed by atoms with E-state index in [4.69, 9.17) is 5.11 Å². The van der Waals surface area contributed by atoms with Gasteiger partial charge in [0.2, 0.25) is 0 Å². The van der Waals surface area contributed by atoms with Crippen LogP contribution in [0, 0.1) is 6.92 Å². The molecule has 2 N–H and O–H groups in total. The number of nitrogens with zero attached hydrogens (tertiary/aromatic N) is 1. The quantitative estimate of drug-likeness (QED) is 0.856. The van der Waals surface area contributed by atoms with Crippen LogP contribution in [0.4, 0.5) is 13.8 Å². The molecule has 1 rings (SSSR count). The second-order valence-corrected chi connectivity index (χ2v) is 5.11. The Balaban J connectivity index is 3.13. The van der Waals surface area contributed by atoms with E-state index in [-0.39, 0.29) is 5.69 Å². The molecular weight excluding hydrogens is 266 g/mol. The zero-order valence-corrected chi connectivity index (χ0v) is 9.40. The van der Waals surface area contributed by atoms with Gasteiger partial charge in [0.15, 0.2) is 0 Å². The van der Waals surface area contributed by atoms with Gasteiger partial charge in [-0.2, -0.15) is 13.2 Å². The van der Waals surface area contributed by atoms with Crippen molar-refractivity contribution in [2.75, 3.05) is 4.72 Å². The zero-order valence-electron chi connectivity index (χ0n) is 7.77. The van der Waals surface area contributed by atoms with Gasteiger partial charge in [-0.25, -0.2) is 13.2 Å². The van der Waals surface area contributed by atoms with Crippen molar-refractivity contribution in [2.45, 2.75) is 12.7 Å². The minimum absolute atomic E-state index is 0.0597. The molecule has 0 aliphatic heterocycles. The van der Waals surface area contributed by atoms with E-state index in [1.54, 1.807) is 0 Å². The van der Waals surface area contributed by atoms with Gasteiger partial charge in [0, 0.05) is 0 Å². The normalized spacial score (nSPS) is 11.8. The van der Waals surface area contributed by atoms with Crippen molar-refractivity contribution < 1.29 is 27.1 Å². The van der Waals surface area contributed by atoms with E-state index in [9.17, 15) is 22.0 Å². The monoisotopic (exact) mass is 272 g/mol. The highest BCUT2D eigenvalue weighted by Crippen LogP contribution is 2.26. The van der Waals surface area contributed by atoms with Gasteiger partial charge in [-0.05, 0) is 18.5 Å². The molecule has 0 atom stereocenters. The van der Waals surface area contributed by atoms with Gasteiger partial charge in [-0.3, -0.25) is 4.72 Å². The van der Waals surface area contributed by atoms with E-state index < -0.39 is 32.3 Å². The van der Waals surface area contributed by atoms with E-state index in [2.05, 4.69) is 4.37 Å². The Morgan fingerprint density at radius 2 is 2.12 bits per heavy atom. The highest BCUT2D eigenvalue weighted by molar-refractivity contribution is 7.93. The van der Waals surface area contributed by atoms with Crippen LogP contribution in [-0.4, -0.2) is 29.6 Å². The largest absolute Gasteiger partial charge is 0.478 e. The standard InChI is InChI=1S/C6H6F2N2O4S2/c1-2-3(5(11)12)4(15-9-2)10-16(13,14)6(7)8/h6,10H,1H3,(H,11,12). The second-order valence-electron chi connectivity index (χ2n) is 2.68. The molecule has 0 saturated carbocycles. The number of carbonyl (C=O) groups is 1. The predicted octanol–water partition coefficient (Wildman–Crippen LogP) is 1.11. The first-order valence-electron chi connectivity index (χ1n) is 3.75. The molecule has 6 nitrogen and oxygen atoms in total. The van der Waals surface area contributed by atoms with Crippen LogP contribution < -0.4 is 4.72 Å². The molecule has 0 saturated heterocycles. The van der Waals surface area contributed by atoms with Crippen molar-refractivity contribution in [2.24, 2.45) is 0 Å². The summed E-state index contributed by atoms with van der Waals surface area (Å²) >= 11 is 0.494. The Morgan fingerprint density at radius 3 is 2.56 bits per heavy atom. The lowest BCUT2D eigenvalue weighted by Gasteiger charge is -2.04. The Labute approximate surface area is 93.1 Å². The van der Waals surface area contributed by atoms with E-state index in [0.29, 0.717) is 11.5 Å². The van der Waals surface area contributed by atoms with Crippen molar-refractivity contribution in [3.8, 4) is 0 Å². The third kappa shape index (κ3) is 2.44. The van der Waals surface area contributed by atoms with Crippen LogP contribution in [0.5, 0.6) is 0 Å². The molecule has 0 bridgehead atoms. The van der Waals surface area contributed by atoms with Gasteiger partial charge in [0.1, 0.15) is 10.6 Å². The Hall–Kier alpha value is -1.29. The summed E-state index contributed by atoms with van der Waals surface area (Å²) in [4.78, 5) is 10.7. The van der Waals surface area contributed by atoms with Gasteiger partial charge >= 0.3 is 11.7 Å². The molecule has 1 heterocycles. The number of aryl methyl sites for hydroxylation is 1. The fourth-order valence-electron chi connectivity index (χ4n) is 0.865. The summed E-state index contributed by atoms with van der Waals surface area (Å²) in [5.41, 5.74) is -0.362. The first-order valence-corrected chi connectivity index (χ1v) is 6.07. The molecule has 0 spiro atoms. The number of aromatic carboxylic acids is 1. The first kappa shape index (κ1) is 12.8. The summed E-state index contributed by atoms with van der Waals surface area (Å²) in [6, 6.07) is 0. The Kier molecular flexibility index (Phi) is 3.43. The molecule has 10 heteroatoms. The summed E-state index contributed by atoms with van der Waals surface area (Å²) in [6.45, 7) is 1.33. The fourth-order valence-corrected chi connectivity index (χ4v) is 2.46. The molecule has 0 aliphatic carbocycles. The summed E-state index contributed by atoms with van der Waals surface area (Å²) in [7, 11) is -4.87. The van der Waals surface area contributed by atoms with E-state index in [1.165, 1.54) is 11.6 Å². The van der Waals surface area contributed by atoms with Crippen LogP contribution >= 0.6 is 11.5 Å². The molecule has 1 aromatic rings. The smallest absolute Gasteiger partial charge is 0.355 e. The summed E-state index contributed by atoms with van der Waals surface area (Å²) < 4.78 is 50.7. The average molecular weight is 272 g/mol. The molecule has 16 heavy (non-hydrogen) atoms. The maximum Gasteiger partial charge on any atom is 0.355 e. The SMILES string of the molecule is Cc1nsc(NS(=O)(=O)C(F)F)c1C(=O)O. The van der Waals surface area contributed by atoms with Crippen LogP contribution in [0.1, 0.15) is 16.1 Å². The van der Waals surface area contributed by atoms with Crippen LogP contribution in [0.25, 0.3) is 0 Å². The highest BCUT2D eigenvalue weighted by Gasteiger charge is 2.28. The number of sulfonamides is 1. The van der Waals surface area contributed by atoms with Gasteiger partial charge in [-0.15, -0.1) is 0 Å². The van der Waals surface area contributed by atoms with Crippen molar-refractivity contribution in [1.82, 2.24) is 4.37 Å². The molecule has 1 aromatic heterocycles. The molecule has 0 aliphatic rings. The van der Waals surface area contributed by atoms with Crippen molar-refractivity contribution >= 4 is 32.5 Å². The predicted molar refractivity (Wildman–Crippen MR) is 52.4 cm³/mol. The number of anilines is 1. The topological polar surface area (TPSA) is 96.4 Å². The number of carboxylic acid groups (broad SMARTS) is 1. The number of halogens is 2. The molecule has 0 aromatic carbocycles. The van der Waals surface area contributed by atoms with Crippen LogP contribution in [0.15, 0.2) is 0 Å². The number of hydrogen-bond acceptors (Lipinski definition) is 5. The fraction of sp³-hybridized carbons (Fsp3) is 0.333. The maximum atomic E-state index is 12.0. The number of rotatable bonds is 4. The minimum Gasteiger partial charge on any atom is -0.478 e. The third-order valence-electron chi connectivity index (χ3n) is 1.55. The molecule has 0 radical (unpaired) electrons. The third-order valence-corrected chi connectivity index (χ3v) is 3.49. The van der Waals surface area contributed by atoms with Crippen LogP contribution in [0.2, 0.25) is 0 Å². The van der Waals surface area contributed by atoms with Crippen molar-refractivity contribution in [3.05, 3.63) is 11.3 Å². The zero-order chi connectivity index (χ0) is 12.5. The average Bonchev–Trinajstić information content (AvgIpc) is 2.45. The van der Waals surface area contributed by atoms with E-state index in [1.807, 2.05) is 0 Å². The summed E-state index contributed by atoms with van der Waals surface area (Å²) in [5.74, 6) is -5.06. The lowest BCUT2D eigenvalue weighted by molar-refractivity contribution is 0.0697. The molecule has 0 unspecified atom stereocenters. The number of nitrogens with one attached hydrogen (secondary N) is 1. The van der Waals surface area contributed by atoms with Crippen molar-refractivity contribution in [1.29, 1.82) is 0 Å². The Morgan fingerprint density at radius 1 is 1.56 bits per heavy atom. The van der Waals surface area contributed by atoms with Crippen molar-refractivity contribution in [3.63, 3.8) is 0 Å². The molecular formula is C6H6F2N2O4S2. The van der Waals surface area contributed by atoms with Crippen LogP contribution in [0.3, 0.4) is 0 Å². The number of carboxylic acids is 1. The van der Waals surface area contributed by atoms with Gasteiger partial charge in [-0.1, -0.05) is 0 Å². The molecule has 0 amide bonds. The van der Waals surface area contributed by atoms with E-state index in [0.717, 1.165) is 0 Å². The summed E-state index contributed by atoms with van der Waals surface area (Å²) in [5, 5.41) is 8.29. The lowest BCUT2D eigenvalue weighted by atomic mass is 10.2. The van der Waals surface area contributed by atoms with Gasteiger partial charge < -0.3 is 5.11 Å². The second kappa shape index (κ2) is 4.29. The molecule has 0 fully saturated rings. The highest BCUT2D eigenvalue weighted by atomic mass is 32.2. The summed E-state index contributed by atoms with van der Waals surface area (Å²) in [6.07, 6.45) is 0. The molecule has 90 valence electrons. The van der Waals surface area contributed by atoms with E-state index >= 15 is 0 Å². The van der Waals surface area contributed by atoms with Gasteiger partial charge in [0.25, 0.3) is 10.0 Å². The number of alkyl halides is 2. The maximum absolute atomic E-state index is 12.0. The van der Waals surface area contributed by atoms with Gasteiger partial charge in [0.05, 0.1) is 5.69 Å². The number of hydrogen-bond donors (Lipinski definition) is 2. The van der Waals surface area contributed by atoms with Crippen LogP contribution in [-0.2, 0) is 10.0 Å². The minimum atomic E-state index is -4.87.